The van der Waals surface area contributed by atoms with Crippen LogP contribution in [0.4, 0.5) is 0 Å². The number of nitrogens with one attached hydrogen (secondary N) is 1. The van der Waals surface area contributed by atoms with Crippen molar-refractivity contribution in [3.8, 4) is 0 Å². The number of carbonyl (C=O) groups excluding carboxylic acids is 4. The Balaban J connectivity index is 2.29. The highest BCUT2D eigenvalue weighted by Gasteiger charge is 2.28. The minimum absolute atomic E-state index is 0.0205. The maximum absolute atomic E-state index is 12.2. The number of aldehydes is 1. The molecule has 140 valence electrons. The highest BCUT2D eigenvalue weighted by Crippen LogP contribution is 2.29. The minimum atomic E-state index is -0.359. The molecule has 0 unspecified atom stereocenters. The second-order valence-corrected chi connectivity index (χ2v) is 6.70. The van der Waals surface area contributed by atoms with Crippen LogP contribution in [-0.4, -0.2) is 42.0 Å². The fourth-order valence-electron chi connectivity index (χ4n) is 3.23. The molecule has 0 atom stereocenters. The normalized spacial score (nSPS) is 19.7. The van der Waals surface area contributed by atoms with Crippen molar-refractivity contribution in [1.82, 2.24) is 10.2 Å². The zero-order chi connectivity index (χ0) is 18.7. The molecular weight excluding hydrogens is 320 g/mol. The zero-order valence-corrected chi connectivity index (χ0v) is 15.2. The molecule has 0 radical (unpaired) electrons. The highest BCUT2D eigenvalue weighted by atomic mass is 16.2. The van der Waals surface area contributed by atoms with Gasteiger partial charge in [-0.3, -0.25) is 19.3 Å². The van der Waals surface area contributed by atoms with E-state index in [0.29, 0.717) is 19.5 Å². The molecular formula is C19H30N2O4. The minimum Gasteiger partial charge on any atom is -0.356 e. The van der Waals surface area contributed by atoms with Gasteiger partial charge in [-0.1, -0.05) is 13.0 Å². The first-order valence-electron chi connectivity index (χ1n) is 9.15. The van der Waals surface area contributed by atoms with E-state index in [9.17, 15) is 19.2 Å². The quantitative estimate of drug-likeness (QED) is 0.372. The lowest BCUT2D eigenvalue weighted by atomic mass is 9.81. The van der Waals surface area contributed by atoms with Crippen LogP contribution in [0.2, 0.25) is 0 Å². The Morgan fingerprint density at radius 2 is 1.80 bits per heavy atom. The summed E-state index contributed by atoms with van der Waals surface area (Å²) in [5.41, 5.74) is 0. The van der Waals surface area contributed by atoms with Crippen LogP contribution in [0.15, 0.2) is 12.7 Å². The van der Waals surface area contributed by atoms with Crippen LogP contribution in [0, 0.1) is 11.8 Å². The molecule has 25 heavy (non-hydrogen) atoms. The number of unbranched alkanes of at least 4 members (excludes halogenated alkanes) is 3. The van der Waals surface area contributed by atoms with E-state index >= 15 is 0 Å². The van der Waals surface area contributed by atoms with Crippen molar-refractivity contribution < 1.29 is 19.2 Å². The molecule has 1 rings (SSSR count). The van der Waals surface area contributed by atoms with Gasteiger partial charge in [0.25, 0.3) is 5.91 Å². The van der Waals surface area contributed by atoms with Crippen LogP contribution in [0.25, 0.3) is 0 Å². The fraction of sp³-hybridized carbons (Fsp3) is 0.684. The first-order valence-corrected chi connectivity index (χ1v) is 9.15. The molecule has 6 nitrogen and oxygen atoms in total. The van der Waals surface area contributed by atoms with E-state index < -0.39 is 0 Å². The number of nitrogens with zero attached hydrogens (tertiary/aromatic N) is 1. The molecule has 6 heteroatoms. The Kier molecular flexibility index (Phi) is 9.73. The van der Waals surface area contributed by atoms with Crippen molar-refractivity contribution in [2.24, 2.45) is 11.8 Å². The van der Waals surface area contributed by atoms with Crippen LogP contribution in [0.1, 0.15) is 58.3 Å². The molecule has 1 N–H and O–H groups in total. The predicted molar refractivity (Wildman–Crippen MR) is 95.6 cm³/mol. The fourth-order valence-corrected chi connectivity index (χ4v) is 3.23. The van der Waals surface area contributed by atoms with Gasteiger partial charge in [-0.25, -0.2) is 0 Å². The molecule has 0 heterocycles. The van der Waals surface area contributed by atoms with E-state index in [2.05, 4.69) is 11.9 Å². The Hall–Kier alpha value is -1.98. The average Bonchev–Trinajstić information content (AvgIpc) is 2.62. The third kappa shape index (κ3) is 7.63. The molecule has 0 aromatic heterocycles. The monoisotopic (exact) mass is 350 g/mol. The summed E-state index contributed by atoms with van der Waals surface area (Å²) in [6.45, 7) is 5.88. The van der Waals surface area contributed by atoms with Crippen LogP contribution in [-0.2, 0) is 19.2 Å². The number of imide groups is 1. The molecule has 0 aromatic rings. The first kappa shape index (κ1) is 21.1. The number of hydrogen-bond donors (Lipinski definition) is 1. The van der Waals surface area contributed by atoms with Crippen molar-refractivity contribution in [3.63, 3.8) is 0 Å². The second-order valence-electron chi connectivity index (χ2n) is 6.70. The van der Waals surface area contributed by atoms with Gasteiger partial charge in [0.05, 0.1) is 0 Å². The first-order chi connectivity index (χ1) is 12.0. The highest BCUT2D eigenvalue weighted by molar-refractivity contribution is 5.99. The van der Waals surface area contributed by atoms with Crippen LogP contribution in [0.3, 0.4) is 0 Å². The van der Waals surface area contributed by atoms with Gasteiger partial charge in [0.2, 0.25) is 11.8 Å². The van der Waals surface area contributed by atoms with Crippen LogP contribution >= 0.6 is 0 Å². The summed E-state index contributed by atoms with van der Waals surface area (Å²) >= 11 is 0. The van der Waals surface area contributed by atoms with Crippen molar-refractivity contribution in [2.75, 3.05) is 13.1 Å². The number of carbonyl (C=O) groups is 4. The molecule has 3 amide bonds. The van der Waals surface area contributed by atoms with Gasteiger partial charge in [0, 0.05) is 32.4 Å². The third-order valence-corrected chi connectivity index (χ3v) is 4.78. The summed E-state index contributed by atoms with van der Waals surface area (Å²) in [5.74, 6) is -0.256. The van der Waals surface area contributed by atoms with E-state index in [-0.39, 0.29) is 29.6 Å². The van der Waals surface area contributed by atoms with Gasteiger partial charge in [-0.15, -0.1) is 0 Å². The topological polar surface area (TPSA) is 83.6 Å². The van der Waals surface area contributed by atoms with Gasteiger partial charge in [0.15, 0.2) is 0 Å². The van der Waals surface area contributed by atoms with E-state index in [0.717, 1.165) is 57.3 Å². The molecule has 1 saturated carbocycles. The molecule has 1 fully saturated rings. The van der Waals surface area contributed by atoms with Gasteiger partial charge >= 0.3 is 0 Å². The van der Waals surface area contributed by atoms with Gasteiger partial charge < -0.3 is 10.1 Å². The summed E-state index contributed by atoms with van der Waals surface area (Å²) < 4.78 is 0. The Morgan fingerprint density at radius 1 is 1.12 bits per heavy atom. The molecule has 0 spiro atoms. The molecule has 0 aromatic carbocycles. The van der Waals surface area contributed by atoms with Crippen LogP contribution in [0.5, 0.6) is 0 Å². The summed E-state index contributed by atoms with van der Waals surface area (Å²) in [6.07, 6.45) is 8.64. The maximum atomic E-state index is 12.2. The number of rotatable bonds is 10. The Labute approximate surface area is 150 Å². The molecule has 1 aliphatic carbocycles. The predicted octanol–water partition coefficient (Wildman–Crippen LogP) is 2.23. The lowest BCUT2D eigenvalue weighted by Crippen LogP contribution is -2.40. The maximum Gasteiger partial charge on any atom is 0.252 e. The van der Waals surface area contributed by atoms with Crippen molar-refractivity contribution in [1.29, 1.82) is 0 Å². The number of hydrogen-bond acceptors (Lipinski definition) is 4. The largest absolute Gasteiger partial charge is 0.356 e. The SMILES string of the molecule is C=CC(=O)N(CC1CCC(C(=O)NCCCCCC=O)CC1)C(C)=O. The van der Waals surface area contributed by atoms with Gasteiger partial charge in [-0.2, -0.15) is 0 Å². The van der Waals surface area contributed by atoms with Gasteiger partial charge in [0.1, 0.15) is 6.29 Å². The molecule has 1 aliphatic rings. The Bertz CT molecular complexity index is 482. The molecule has 0 aliphatic heterocycles. The number of amides is 3. The Morgan fingerprint density at radius 3 is 2.36 bits per heavy atom. The van der Waals surface area contributed by atoms with E-state index in [1.807, 2.05) is 0 Å². The van der Waals surface area contributed by atoms with Crippen molar-refractivity contribution in [2.45, 2.75) is 58.3 Å². The van der Waals surface area contributed by atoms with Gasteiger partial charge in [-0.05, 0) is 50.5 Å². The second kappa shape index (κ2) is 11.6. The van der Waals surface area contributed by atoms with Crippen molar-refractivity contribution >= 4 is 24.0 Å². The van der Waals surface area contributed by atoms with Crippen LogP contribution < -0.4 is 5.32 Å². The molecule has 0 bridgehead atoms. The molecule has 0 saturated heterocycles. The lowest BCUT2D eigenvalue weighted by Gasteiger charge is -2.30. The smallest absolute Gasteiger partial charge is 0.252 e. The summed E-state index contributed by atoms with van der Waals surface area (Å²) in [6, 6.07) is 0. The summed E-state index contributed by atoms with van der Waals surface area (Å²) in [7, 11) is 0. The standard InChI is InChI=1S/C19H30N2O4/c1-3-18(24)21(15(2)23)14-16-8-10-17(11-9-16)19(25)20-12-6-4-5-7-13-22/h3,13,16-17H,1,4-12,14H2,2H3,(H,20,25). The average molecular weight is 350 g/mol. The summed E-state index contributed by atoms with van der Waals surface area (Å²) in [5, 5.41) is 2.97. The lowest BCUT2D eigenvalue weighted by molar-refractivity contribution is -0.141. The van der Waals surface area contributed by atoms with E-state index in [4.69, 9.17) is 0 Å². The van der Waals surface area contributed by atoms with E-state index in [1.165, 1.54) is 11.8 Å². The zero-order valence-electron chi connectivity index (χ0n) is 15.2. The van der Waals surface area contributed by atoms with E-state index in [1.54, 1.807) is 0 Å². The summed E-state index contributed by atoms with van der Waals surface area (Å²) in [4.78, 5) is 46.9. The third-order valence-electron chi connectivity index (χ3n) is 4.78. The van der Waals surface area contributed by atoms with Crippen molar-refractivity contribution in [3.05, 3.63) is 12.7 Å².